The SMILES string of the molecule is O=C(NCCCC1CCCC1)c1ccc(Cl)nn1. The molecule has 0 radical (unpaired) electrons. The highest BCUT2D eigenvalue weighted by Crippen LogP contribution is 2.28. The number of hydrogen-bond acceptors (Lipinski definition) is 3. The maximum atomic E-state index is 11.7. The van der Waals surface area contributed by atoms with Gasteiger partial charge in [-0.25, -0.2) is 0 Å². The Bertz CT molecular complexity index is 388. The summed E-state index contributed by atoms with van der Waals surface area (Å²) in [5.41, 5.74) is 0.320. The van der Waals surface area contributed by atoms with Crippen molar-refractivity contribution < 1.29 is 4.79 Å². The molecule has 1 aromatic rings. The quantitative estimate of drug-likeness (QED) is 0.835. The Balaban J connectivity index is 1.66. The molecule has 1 fully saturated rings. The summed E-state index contributed by atoms with van der Waals surface area (Å²) in [5, 5.41) is 10.5. The number of carbonyl (C=O) groups is 1. The second kappa shape index (κ2) is 6.69. The molecule has 0 saturated heterocycles. The van der Waals surface area contributed by atoms with Crippen LogP contribution in [0, 0.1) is 5.92 Å². The zero-order valence-electron chi connectivity index (χ0n) is 10.4. The molecular weight excluding hydrogens is 250 g/mol. The monoisotopic (exact) mass is 267 g/mol. The van der Waals surface area contributed by atoms with Crippen LogP contribution in [0.5, 0.6) is 0 Å². The molecule has 1 heterocycles. The zero-order valence-corrected chi connectivity index (χ0v) is 11.1. The van der Waals surface area contributed by atoms with Gasteiger partial charge in [-0.2, -0.15) is 0 Å². The van der Waals surface area contributed by atoms with Gasteiger partial charge in [0.15, 0.2) is 10.8 Å². The Labute approximate surface area is 112 Å². The van der Waals surface area contributed by atoms with E-state index in [-0.39, 0.29) is 5.91 Å². The summed E-state index contributed by atoms with van der Waals surface area (Å²) in [4.78, 5) is 11.7. The van der Waals surface area contributed by atoms with Gasteiger partial charge in [-0.1, -0.05) is 37.3 Å². The molecule has 2 rings (SSSR count). The van der Waals surface area contributed by atoms with Crippen molar-refractivity contribution in [2.24, 2.45) is 5.92 Å². The van der Waals surface area contributed by atoms with Gasteiger partial charge in [-0.3, -0.25) is 4.79 Å². The number of rotatable bonds is 5. The van der Waals surface area contributed by atoms with Gasteiger partial charge in [0.2, 0.25) is 0 Å². The number of halogens is 1. The van der Waals surface area contributed by atoms with Crippen molar-refractivity contribution in [3.05, 3.63) is 23.0 Å². The van der Waals surface area contributed by atoms with Crippen LogP contribution in [0.25, 0.3) is 0 Å². The molecule has 0 aromatic carbocycles. The molecular formula is C13H18ClN3O. The summed E-state index contributed by atoms with van der Waals surface area (Å²) >= 11 is 5.61. The molecule has 1 aromatic heterocycles. The zero-order chi connectivity index (χ0) is 12.8. The van der Waals surface area contributed by atoms with E-state index < -0.39 is 0 Å². The van der Waals surface area contributed by atoms with Crippen molar-refractivity contribution in [2.75, 3.05) is 6.54 Å². The number of aromatic nitrogens is 2. The summed E-state index contributed by atoms with van der Waals surface area (Å²) in [6, 6.07) is 3.16. The van der Waals surface area contributed by atoms with Gasteiger partial charge in [0.1, 0.15) is 0 Å². The van der Waals surface area contributed by atoms with E-state index in [1.54, 1.807) is 12.1 Å². The maximum absolute atomic E-state index is 11.7. The first-order valence-corrected chi connectivity index (χ1v) is 6.91. The van der Waals surface area contributed by atoms with E-state index in [4.69, 9.17) is 11.6 Å². The van der Waals surface area contributed by atoms with Crippen LogP contribution in [0.4, 0.5) is 0 Å². The van der Waals surface area contributed by atoms with Crippen molar-refractivity contribution in [3.8, 4) is 0 Å². The summed E-state index contributed by atoms with van der Waals surface area (Å²) < 4.78 is 0. The molecule has 0 bridgehead atoms. The standard InChI is InChI=1S/C13H18ClN3O/c14-12-8-7-11(16-17-12)13(18)15-9-3-6-10-4-1-2-5-10/h7-8,10H,1-6,9H2,(H,15,18). The molecule has 0 unspecified atom stereocenters. The molecule has 0 atom stereocenters. The molecule has 0 spiro atoms. The van der Waals surface area contributed by atoms with Crippen molar-refractivity contribution in [2.45, 2.75) is 38.5 Å². The first kappa shape index (κ1) is 13.3. The first-order valence-electron chi connectivity index (χ1n) is 6.53. The van der Waals surface area contributed by atoms with Gasteiger partial charge in [-0.05, 0) is 30.9 Å². The Kier molecular flexibility index (Phi) is 4.93. The first-order chi connectivity index (χ1) is 8.75. The van der Waals surface area contributed by atoms with E-state index in [9.17, 15) is 4.79 Å². The molecule has 1 aliphatic rings. The second-order valence-electron chi connectivity index (χ2n) is 4.79. The summed E-state index contributed by atoms with van der Waals surface area (Å²) in [6.07, 6.45) is 7.71. The number of carbonyl (C=O) groups excluding carboxylic acids is 1. The largest absolute Gasteiger partial charge is 0.351 e. The van der Waals surface area contributed by atoms with Crippen LogP contribution in [-0.4, -0.2) is 22.6 Å². The lowest BCUT2D eigenvalue weighted by Gasteiger charge is -2.08. The summed E-state index contributed by atoms with van der Waals surface area (Å²) in [6.45, 7) is 0.708. The topological polar surface area (TPSA) is 54.9 Å². The fraction of sp³-hybridized carbons (Fsp3) is 0.615. The van der Waals surface area contributed by atoms with Crippen LogP contribution < -0.4 is 5.32 Å². The lowest BCUT2D eigenvalue weighted by atomic mass is 10.0. The Morgan fingerprint density at radius 2 is 2.11 bits per heavy atom. The predicted molar refractivity (Wildman–Crippen MR) is 70.6 cm³/mol. The molecule has 18 heavy (non-hydrogen) atoms. The van der Waals surface area contributed by atoms with E-state index in [1.807, 2.05) is 0 Å². The third-order valence-corrected chi connectivity index (χ3v) is 3.62. The van der Waals surface area contributed by atoms with E-state index in [0.717, 1.165) is 12.3 Å². The van der Waals surface area contributed by atoms with E-state index in [1.165, 1.54) is 32.1 Å². The van der Waals surface area contributed by atoms with Crippen LogP contribution >= 0.6 is 11.6 Å². The minimum atomic E-state index is -0.175. The van der Waals surface area contributed by atoms with E-state index >= 15 is 0 Å². The van der Waals surface area contributed by atoms with Gasteiger partial charge in [0.25, 0.3) is 5.91 Å². The van der Waals surface area contributed by atoms with E-state index in [2.05, 4.69) is 15.5 Å². The molecule has 1 aliphatic carbocycles. The number of amides is 1. The highest BCUT2D eigenvalue weighted by Gasteiger charge is 2.14. The van der Waals surface area contributed by atoms with Crippen molar-refractivity contribution >= 4 is 17.5 Å². The van der Waals surface area contributed by atoms with Crippen molar-refractivity contribution in [3.63, 3.8) is 0 Å². The number of nitrogens with zero attached hydrogens (tertiary/aromatic N) is 2. The van der Waals surface area contributed by atoms with Crippen LogP contribution in [0.3, 0.4) is 0 Å². The highest BCUT2D eigenvalue weighted by molar-refractivity contribution is 6.29. The minimum Gasteiger partial charge on any atom is -0.351 e. The molecule has 1 N–H and O–H groups in total. The van der Waals surface area contributed by atoms with Crippen LogP contribution in [0.15, 0.2) is 12.1 Å². The van der Waals surface area contributed by atoms with Crippen LogP contribution in [-0.2, 0) is 0 Å². The Hall–Kier alpha value is -1.16. The Morgan fingerprint density at radius 3 is 2.78 bits per heavy atom. The molecule has 0 aliphatic heterocycles. The van der Waals surface area contributed by atoms with Crippen molar-refractivity contribution in [1.82, 2.24) is 15.5 Å². The van der Waals surface area contributed by atoms with Gasteiger partial charge in [-0.15, -0.1) is 10.2 Å². The molecule has 1 saturated carbocycles. The second-order valence-corrected chi connectivity index (χ2v) is 5.18. The maximum Gasteiger partial charge on any atom is 0.271 e. The third kappa shape index (κ3) is 3.95. The molecule has 4 nitrogen and oxygen atoms in total. The van der Waals surface area contributed by atoms with Gasteiger partial charge < -0.3 is 5.32 Å². The predicted octanol–water partition coefficient (Wildman–Crippen LogP) is 2.83. The smallest absolute Gasteiger partial charge is 0.271 e. The fourth-order valence-electron chi connectivity index (χ4n) is 2.42. The lowest BCUT2D eigenvalue weighted by Crippen LogP contribution is -2.25. The highest BCUT2D eigenvalue weighted by atomic mass is 35.5. The average Bonchev–Trinajstić information content (AvgIpc) is 2.88. The van der Waals surface area contributed by atoms with Crippen LogP contribution in [0.2, 0.25) is 5.15 Å². The average molecular weight is 268 g/mol. The summed E-state index contributed by atoms with van der Waals surface area (Å²) in [7, 11) is 0. The molecule has 5 heteroatoms. The van der Waals surface area contributed by atoms with Crippen LogP contribution in [0.1, 0.15) is 49.0 Å². The number of hydrogen-bond donors (Lipinski definition) is 1. The number of nitrogens with one attached hydrogen (secondary N) is 1. The van der Waals surface area contributed by atoms with Crippen molar-refractivity contribution in [1.29, 1.82) is 0 Å². The fourth-order valence-corrected chi connectivity index (χ4v) is 2.52. The van der Waals surface area contributed by atoms with Gasteiger partial charge >= 0.3 is 0 Å². The molecule has 1 amide bonds. The minimum absolute atomic E-state index is 0.175. The van der Waals surface area contributed by atoms with Gasteiger partial charge in [0.05, 0.1) is 0 Å². The third-order valence-electron chi connectivity index (χ3n) is 3.41. The normalized spacial score (nSPS) is 15.8. The molecule has 98 valence electrons. The summed E-state index contributed by atoms with van der Waals surface area (Å²) in [5.74, 6) is 0.697. The Morgan fingerprint density at radius 1 is 1.33 bits per heavy atom. The van der Waals surface area contributed by atoms with E-state index in [0.29, 0.717) is 17.4 Å². The lowest BCUT2D eigenvalue weighted by molar-refractivity contribution is 0.0946. The van der Waals surface area contributed by atoms with Gasteiger partial charge in [0, 0.05) is 6.54 Å².